The van der Waals surface area contributed by atoms with E-state index in [9.17, 15) is 9.59 Å². The van der Waals surface area contributed by atoms with Crippen LogP contribution in [0.4, 0.5) is 11.4 Å². The second kappa shape index (κ2) is 9.11. The van der Waals surface area contributed by atoms with Crippen LogP contribution in [0.25, 0.3) is 0 Å². The van der Waals surface area contributed by atoms with Crippen molar-refractivity contribution in [3.05, 3.63) is 52.5 Å². The third kappa shape index (κ3) is 6.15. The summed E-state index contributed by atoms with van der Waals surface area (Å²) < 4.78 is 5.76. The van der Waals surface area contributed by atoms with Crippen molar-refractivity contribution in [2.24, 2.45) is 0 Å². The van der Waals surface area contributed by atoms with Crippen LogP contribution >= 0.6 is 23.2 Å². The van der Waals surface area contributed by atoms with Crippen LogP contribution in [0.3, 0.4) is 0 Å². The lowest BCUT2D eigenvalue weighted by atomic mass is 10.1. The minimum absolute atomic E-state index is 0.103. The van der Waals surface area contributed by atoms with Crippen LogP contribution in [-0.4, -0.2) is 17.4 Å². The standard InChI is InChI=1S/C20H22Cl2N2O3/c1-4-5-18(25)24-17-11-8-14(12-16(17)22)23-19(26)20(2,3)27-15-9-6-13(21)7-10-15/h6-12H,4-5H2,1-3H3,(H,23,26)(H,24,25). The van der Waals surface area contributed by atoms with E-state index in [-0.39, 0.29) is 11.8 Å². The number of amides is 2. The largest absolute Gasteiger partial charge is 0.478 e. The van der Waals surface area contributed by atoms with Gasteiger partial charge < -0.3 is 15.4 Å². The highest BCUT2D eigenvalue weighted by Crippen LogP contribution is 2.27. The molecule has 5 nitrogen and oxygen atoms in total. The molecule has 0 saturated carbocycles. The molecule has 0 aliphatic carbocycles. The van der Waals surface area contributed by atoms with Crippen molar-refractivity contribution in [2.75, 3.05) is 10.6 Å². The lowest BCUT2D eigenvalue weighted by molar-refractivity contribution is -0.128. The zero-order chi connectivity index (χ0) is 20.0. The number of hydrogen-bond donors (Lipinski definition) is 2. The number of rotatable bonds is 7. The minimum atomic E-state index is -1.12. The molecule has 0 fully saturated rings. The van der Waals surface area contributed by atoms with Crippen LogP contribution in [0.15, 0.2) is 42.5 Å². The van der Waals surface area contributed by atoms with Gasteiger partial charge in [0.1, 0.15) is 5.75 Å². The number of hydrogen-bond acceptors (Lipinski definition) is 3. The van der Waals surface area contributed by atoms with E-state index in [1.807, 2.05) is 6.92 Å². The van der Waals surface area contributed by atoms with Crippen LogP contribution in [0.5, 0.6) is 5.75 Å². The van der Waals surface area contributed by atoms with E-state index >= 15 is 0 Å². The summed E-state index contributed by atoms with van der Waals surface area (Å²) in [5, 5.41) is 6.44. The highest BCUT2D eigenvalue weighted by Gasteiger charge is 2.30. The first-order chi connectivity index (χ1) is 12.7. The van der Waals surface area contributed by atoms with Crippen molar-refractivity contribution in [1.29, 1.82) is 0 Å². The summed E-state index contributed by atoms with van der Waals surface area (Å²) in [6.45, 7) is 5.25. The summed E-state index contributed by atoms with van der Waals surface area (Å²) in [5.41, 5.74) is -0.107. The molecule has 2 rings (SSSR count). The topological polar surface area (TPSA) is 67.4 Å². The average molecular weight is 409 g/mol. The fraction of sp³-hybridized carbons (Fsp3) is 0.300. The van der Waals surface area contributed by atoms with Gasteiger partial charge in [-0.2, -0.15) is 0 Å². The molecule has 144 valence electrons. The van der Waals surface area contributed by atoms with Gasteiger partial charge in [-0.15, -0.1) is 0 Å². The lowest BCUT2D eigenvalue weighted by Crippen LogP contribution is -2.42. The molecule has 2 aromatic carbocycles. The molecule has 27 heavy (non-hydrogen) atoms. The molecule has 7 heteroatoms. The molecule has 0 spiro atoms. The third-order valence-corrected chi connectivity index (χ3v) is 4.28. The summed E-state index contributed by atoms with van der Waals surface area (Å²) in [6.07, 6.45) is 1.17. The maximum Gasteiger partial charge on any atom is 0.267 e. The Hall–Kier alpha value is -2.24. The van der Waals surface area contributed by atoms with Gasteiger partial charge in [0, 0.05) is 17.1 Å². The smallest absolute Gasteiger partial charge is 0.267 e. The Kier molecular flexibility index (Phi) is 7.11. The van der Waals surface area contributed by atoms with E-state index in [1.165, 1.54) is 0 Å². The fourth-order valence-corrected chi connectivity index (χ4v) is 2.61. The summed E-state index contributed by atoms with van der Waals surface area (Å²) in [5.74, 6) is 0.0940. The van der Waals surface area contributed by atoms with Gasteiger partial charge in [0.25, 0.3) is 5.91 Å². The molecule has 2 aromatic rings. The Morgan fingerprint density at radius 1 is 1.04 bits per heavy atom. The van der Waals surface area contributed by atoms with Crippen LogP contribution < -0.4 is 15.4 Å². The van der Waals surface area contributed by atoms with Gasteiger partial charge in [-0.25, -0.2) is 0 Å². The molecule has 2 N–H and O–H groups in total. The molecule has 0 heterocycles. The van der Waals surface area contributed by atoms with E-state index in [0.717, 1.165) is 6.42 Å². The van der Waals surface area contributed by atoms with Gasteiger partial charge in [0.15, 0.2) is 5.60 Å². The van der Waals surface area contributed by atoms with E-state index < -0.39 is 5.60 Å². The van der Waals surface area contributed by atoms with Crippen LogP contribution in [0.2, 0.25) is 10.0 Å². The number of anilines is 2. The van der Waals surface area contributed by atoms with Gasteiger partial charge in [0.2, 0.25) is 5.91 Å². The van der Waals surface area contributed by atoms with Gasteiger partial charge in [-0.1, -0.05) is 30.1 Å². The van der Waals surface area contributed by atoms with Crippen molar-refractivity contribution in [3.8, 4) is 5.75 Å². The normalized spacial score (nSPS) is 11.0. The predicted molar refractivity (Wildman–Crippen MR) is 110 cm³/mol. The Morgan fingerprint density at radius 3 is 2.30 bits per heavy atom. The fourth-order valence-electron chi connectivity index (χ4n) is 2.26. The Morgan fingerprint density at radius 2 is 1.70 bits per heavy atom. The molecule has 0 bridgehead atoms. The number of halogens is 2. The highest BCUT2D eigenvalue weighted by atomic mass is 35.5. The van der Waals surface area contributed by atoms with E-state index in [1.54, 1.807) is 56.3 Å². The number of carbonyl (C=O) groups is 2. The zero-order valence-electron chi connectivity index (χ0n) is 15.4. The molecule has 2 amide bonds. The van der Waals surface area contributed by atoms with Crippen molar-refractivity contribution in [2.45, 2.75) is 39.2 Å². The van der Waals surface area contributed by atoms with E-state index in [4.69, 9.17) is 27.9 Å². The molecule has 0 aromatic heterocycles. The van der Waals surface area contributed by atoms with Crippen LogP contribution in [0.1, 0.15) is 33.6 Å². The van der Waals surface area contributed by atoms with Gasteiger partial charge >= 0.3 is 0 Å². The number of nitrogens with one attached hydrogen (secondary N) is 2. The molecular weight excluding hydrogens is 387 g/mol. The summed E-state index contributed by atoms with van der Waals surface area (Å²) in [7, 11) is 0. The minimum Gasteiger partial charge on any atom is -0.478 e. The monoisotopic (exact) mass is 408 g/mol. The first-order valence-corrected chi connectivity index (χ1v) is 9.32. The first kappa shape index (κ1) is 21.1. The quantitative estimate of drug-likeness (QED) is 0.632. The van der Waals surface area contributed by atoms with Gasteiger partial charge in [-0.3, -0.25) is 9.59 Å². The molecule has 0 unspecified atom stereocenters. The maximum absolute atomic E-state index is 12.6. The maximum atomic E-state index is 12.6. The third-order valence-electron chi connectivity index (χ3n) is 3.71. The summed E-state index contributed by atoms with van der Waals surface area (Å²) >= 11 is 12.1. The molecular formula is C20H22Cl2N2O3. The molecule has 0 aliphatic heterocycles. The van der Waals surface area contributed by atoms with Crippen molar-refractivity contribution < 1.29 is 14.3 Å². The second-order valence-electron chi connectivity index (χ2n) is 6.51. The average Bonchev–Trinajstić information content (AvgIpc) is 2.59. The lowest BCUT2D eigenvalue weighted by Gasteiger charge is -2.25. The van der Waals surface area contributed by atoms with Crippen molar-refractivity contribution >= 4 is 46.4 Å². The number of benzene rings is 2. The second-order valence-corrected chi connectivity index (χ2v) is 7.36. The Balaban J connectivity index is 2.04. The number of carbonyl (C=O) groups excluding carboxylic acids is 2. The predicted octanol–water partition coefficient (Wildman–Crippen LogP) is 5.53. The zero-order valence-corrected chi connectivity index (χ0v) is 16.9. The van der Waals surface area contributed by atoms with Gasteiger partial charge in [-0.05, 0) is 62.7 Å². The Labute approximate surface area is 169 Å². The van der Waals surface area contributed by atoms with Crippen molar-refractivity contribution in [3.63, 3.8) is 0 Å². The molecule has 0 atom stereocenters. The van der Waals surface area contributed by atoms with E-state index in [2.05, 4.69) is 10.6 Å². The SMILES string of the molecule is CCCC(=O)Nc1ccc(NC(=O)C(C)(C)Oc2ccc(Cl)cc2)cc1Cl. The molecule has 0 aliphatic rings. The first-order valence-electron chi connectivity index (χ1n) is 8.56. The van der Waals surface area contributed by atoms with E-state index in [0.29, 0.717) is 33.6 Å². The van der Waals surface area contributed by atoms with Gasteiger partial charge in [0.05, 0.1) is 10.7 Å². The summed E-state index contributed by atoms with van der Waals surface area (Å²) in [4.78, 5) is 24.3. The molecule has 0 radical (unpaired) electrons. The van der Waals surface area contributed by atoms with Crippen LogP contribution in [0, 0.1) is 0 Å². The molecule has 0 saturated heterocycles. The van der Waals surface area contributed by atoms with Crippen molar-refractivity contribution in [1.82, 2.24) is 0 Å². The van der Waals surface area contributed by atoms with Crippen LogP contribution in [-0.2, 0) is 9.59 Å². The highest BCUT2D eigenvalue weighted by molar-refractivity contribution is 6.34. The summed E-state index contributed by atoms with van der Waals surface area (Å²) in [6, 6.07) is 11.7. The number of ether oxygens (including phenoxy) is 1. The Bertz CT molecular complexity index is 820.